The lowest BCUT2D eigenvalue weighted by Gasteiger charge is -2.45. The molecule has 0 amide bonds. The van der Waals surface area contributed by atoms with Crippen LogP contribution in [0, 0.1) is 11.3 Å². The van der Waals surface area contributed by atoms with Gasteiger partial charge in [-0.25, -0.2) is 0 Å². The molecule has 0 aliphatic heterocycles. The molecule has 1 N–H and O–H groups in total. The van der Waals surface area contributed by atoms with E-state index >= 15 is 0 Å². The molecule has 2 rings (SSSR count). The van der Waals surface area contributed by atoms with Crippen LogP contribution in [-0.2, 0) is 14.9 Å². The van der Waals surface area contributed by atoms with E-state index in [1.165, 1.54) is 0 Å². The van der Waals surface area contributed by atoms with Crippen LogP contribution in [0.25, 0.3) is 0 Å². The maximum absolute atomic E-state index is 9.52. The average molecular weight is 274 g/mol. The van der Waals surface area contributed by atoms with Gasteiger partial charge in [0.15, 0.2) is 6.29 Å². The van der Waals surface area contributed by atoms with Gasteiger partial charge in [-0.05, 0) is 25.3 Å². The van der Waals surface area contributed by atoms with Crippen LogP contribution in [0.2, 0.25) is 0 Å². The fourth-order valence-corrected chi connectivity index (χ4v) is 3.00. The minimum absolute atomic E-state index is 0.0995. The fraction of sp³-hybridized carbons (Fsp3) is 0.562. The molecule has 1 fully saturated rings. The molecule has 1 aliphatic carbocycles. The number of benzene rings is 1. The van der Waals surface area contributed by atoms with Gasteiger partial charge in [0.05, 0.1) is 17.5 Å². The van der Waals surface area contributed by atoms with Crippen molar-refractivity contribution in [2.24, 2.45) is 0 Å². The third-order valence-corrected chi connectivity index (χ3v) is 4.10. The second-order valence-corrected chi connectivity index (χ2v) is 5.46. The SMILES string of the molecule is COC(OC)C(C)NC1CC(C#N)(c2ccccc2)C1. The van der Waals surface area contributed by atoms with Crippen molar-refractivity contribution in [3.05, 3.63) is 35.9 Å². The van der Waals surface area contributed by atoms with Gasteiger partial charge in [-0.1, -0.05) is 30.3 Å². The van der Waals surface area contributed by atoms with E-state index in [4.69, 9.17) is 9.47 Å². The summed E-state index contributed by atoms with van der Waals surface area (Å²) in [4.78, 5) is 0. The molecule has 4 nitrogen and oxygen atoms in total. The Morgan fingerprint density at radius 3 is 2.35 bits per heavy atom. The summed E-state index contributed by atoms with van der Waals surface area (Å²) in [7, 11) is 3.27. The number of hydrogen-bond acceptors (Lipinski definition) is 4. The van der Waals surface area contributed by atoms with Crippen molar-refractivity contribution in [1.29, 1.82) is 5.26 Å². The van der Waals surface area contributed by atoms with Crippen LogP contribution in [-0.4, -0.2) is 32.6 Å². The lowest BCUT2D eigenvalue weighted by atomic mass is 9.62. The van der Waals surface area contributed by atoms with Crippen molar-refractivity contribution in [2.45, 2.75) is 43.6 Å². The van der Waals surface area contributed by atoms with Gasteiger partial charge in [-0.3, -0.25) is 0 Å². The zero-order valence-electron chi connectivity index (χ0n) is 12.3. The maximum Gasteiger partial charge on any atom is 0.171 e. The number of hydrogen-bond donors (Lipinski definition) is 1. The number of nitrogens with zero attached hydrogens (tertiary/aromatic N) is 1. The van der Waals surface area contributed by atoms with Crippen LogP contribution < -0.4 is 5.32 Å². The molecule has 1 aromatic carbocycles. The van der Waals surface area contributed by atoms with Crippen molar-refractivity contribution in [1.82, 2.24) is 5.32 Å². The molecule has 0 bridgehead atoms. The van der Waals surface area contributed by atoms with Gasteiger partial charge < -0.3 is 14.8 Å². The van der Waals surface area contributed by atoms with E-state index in [-0.39, 0.29) is 17.7 Å². The Hall–Kier alpha value is -1.41. The van der Waals surface area contributed by atoms with Crippen LogP contribution >= 0.6 is 0 Å². The Labute approximate surface area is 120 Å². The third-order valence-electron chi connectivity index (χ3n) is 4.10. The predicted molar refractivity (Wildman–Crippen MR) is 77.2 cm³/mol. The summed E-state index contributed by atoms with van der Waals surface area (Å²) < 4.78 is 10.5. The highest BCUT2D eigenvalue weighted by Crippen LogP contribution is 2.43. The molecule has 0 heterocycles. The van der Waals surface area contributed by atoms with Crippen LogP contribution in [0.3, 0.4) is 0 Å². The van der Waals surface area contributed by atoms with Crippen LogP contribution in [0.4, 0.5) is 0 Å². The molecule has 1 aliphatic rings. The summed E-state index contributed by atoms with van der Waals surface area (Å²) in [5.41, 5.74) is 0.775. The second kappa shape index (κ2) is 6.36. The first kappa shape index (κ1) is 15.0. The second-order valence-electron chi connectivity index (χ2n) is 5.46. The van der Waals surface area contributed by atoms with E-state index in [1.807, 2.05) is 37.3 Å². The first-order chi connectivity index (χ1) is 9.65. The zero-order valence-corrected chi connectivity index (χ0v) is 12.3. The quantitative estimate of drug-likeness (QED) is 0.808. The van der Waals surface area contributed by atoms with Crippen molar-refractivity contribution in [3.8, 4) is 6.07 Å². The van der Waals surface area contributed by atoms with Crippen molar-refractivity contribution in [2.75, 3.05) is 14.2 Å². The Kier molecular flexibility index (Phi) is 4.77. The summed E-state index contributed by atoms with van der Waals surface area (Å²) in [5.74, 6) is 0. The number of rotatable bonds is 6. The highest BCUT2D eigenvalue weighted by Gasteiger charge is 2.46. The fourth-order valence-electron chi connectivity index (χ4n) is 3.00. The molecular formula is C16H22N2O2. The van der Waals surface area contributed by atoms with Crippen molar-refractivity contribution in [3.63, 3.8) is 0 Å². The molecule has 20 heavy (non-hydrogen) atoms. The highest BCUT2D eigenvalue weighted by molar-refractivity contribution is 5.36. The summed E-state index contributed by atoms with van der Waals surface area (Å²) in [5, 5.41) is 13.0. The molecule has 0 saturated heterocycles. The van der Waals surface area contributed by atoms with Gasteiger partial charge in [-0.15, -0.1) is 0 Å². The summed E-state index contributed by atoms with van der Waals surface area (Å²) in [6.45, 7) is 2.03. The Bertz CT molecular complexity index is 459. The molecule has 1 aromatic rings. The molecule has 0 radical (unpaired) electrons. The molecule has 1 unspecified atom stereocenters. The largest absolute Gasteiger partial charge is 0.354 e. The molecule has 4 heteroatoms. The maximum atomic E-state index is 9.52. The topological polar surface area (TPSA) is 54.3 Å². The number of nitrogens with one attached hydrogen (secondary N) is 1. The van der Waals surface area contributed by atoms with E-state index in [0.717, 1.165) is 18.4 Å². The Balaban J connectivity index is 1.94. The highest BCUT2D eigenvalue weighted by atomic mass is 16.7. The molecule has 0 aromatic heterocycles. The lowest BCUT2D eigenvalue weighted by Crippen LogP contribution is -2.55. The molecule has 1 atom stereocenters. The van der Waals surface area contributed by atoms with Gasteiger partial charge in [-0.2, -0.15) is 5.26 Å². The van der Waals surface area contributed by atoms with E-state index < -0.39 is 0 Å². The zero-order chi connectivity index (χ0) is 14.6. The monoisotopic (exact) mass is 274 g/mol. The van der Waals surface area contributed by atoms with E-state index in [2.05, 4.69) is 11.4 Å². The van der Waals surface area contributed by atoms with E-state index in [0.29, 0.717) is 6.04 Å². The lowest BCUT2D eigenvalue weighted by molar-refractivity contribution is -0.122. The smallest absolute Gasteiger partial charge is 0.171 e. The number of nitriles is 1. The predicted octanol–water partition coefficient (Wildman–Crippen LogP) is 2.21. The minimum atomic E-state index is -0.339. The Morgan fingerprint density at radius 1 is 1.25 bits per heavy atom. The Morgan fingerprint density at radius 2 is 1.85 bits per heavy atom. The summed E-state index contributed by atoms with van der Waals surface area (Å²) in [6, 6.07) is 13.0. The van der Waals surface area contributed by atoms with Gasteiger partial charge >= 0.3 is 0 Å². The molecule has 0 spiro atoms. The minimum Gasteiger partial charge on any atom is -0.354 e. The van der Waals surface area contributed by atoms with Crippen LogP contribution in [0.15, 0.2) is 30.3 Å². The molecule has 1 saturated carbocycles. The number of methoxy groups -OCH3 is 2. The normalized spacial score (nSPS) is 26.9. The standard InChI is InChI=1S/C16H22N2O2/c1-12(15(19-2)20-3)18-14-9-16(10-14,11-17)13-7-5-4-6-8-13/h4-8,12,14-15,18H,9-10H2,1-3H3. The van der Waals surface area contributed by atoms with Gasteiger partial charge in [0.1, 0.15) is 0 Å². The van der Waals surface area contributed by atoms with Crippen LogP contribution in [0.5, 0.6) is 0 Å². The van der Waals surface area contributed by atoms with Crippen molar-refractivity contribution < 1.29 is 9.47 Å². The van der Waals surface area contributed by atoms with Gasteiger partial charge in [0, 0.05) is 20.3 Å². The number of ether oxygens (including phenoxy) is 2. The summed E-state index contributed by atoms with van der Waals surface area (Å²) in [6.07, 6.45) is 1.40. The third kappa shape index (κ3) is 2.85. The van der Waals surface area contributed by atoms with Gasteiger partial charge in [0.2, 0.25) is 0 Å². The summed E-state index contributed by atoms with van der Waals surface area (Å²) >= 11 is 0. The average Bonchev–Trinajstić information content (AvgIpc) is 2.44. The molecular weight excluding hydrogens is 252 g/mol. The molecule has 108 valence electrons. The first-order valence-corrected chi connectivity index (χ1v) is 6.93. The van der Waals surface area contributed by atoms with Crippen molar-refractivity contribution >= 4 is 0 Å². The van der Waals surface area contributed by atoms with E-state index in [1.54, 1.807) is 14.2 Å². The first-order valence-electron chi connectivity index (χ1n) is 6.93. The van der Waals surface area contributed by atoms with Gasteiger partial charge in [0.25, 0.3) is 0 Å². The van der Waals surface area contributed by atoms with E-state index in [9.17, 15) is 5.26 Å². The van der Waals surface area contributed by atoms with Crippen LogP contribution in [0.1, 0.15) is 25.3 Å².